The number of carbonyl (C=O) groups excluding carboxylic acids is 12. The van der Waals surface area contributed by atoms with E-state index < -0.39 is 187 Å². The van der Waals surface area contributed by atoms with E-state index in [-0.39, 0.29) is 33.1 Å². The number of rotatable bonds is 30. The van der Waals surface area contributed by atoms with E-state index in [9.17, 15) is 79.7 Å². The van der Waals surface area contributed by atoms with Crippen LogP contribution in [0.25, 0.3) is 52.2 Å². The highest BCUT2D eigenvalue weighted by molar-refractivity contribution is 6.02. The van der Waals surface area contributed by atoms with Crippen LogP contribution in [0.4, 0.5) is 0 Å². The number of imide groups is 1. The number of amides is 6. The van der Waals surface area contributed by atoms with Crippen LogP contribution in [0.5, 0.6) is 0 Å². The molecular formula is C51H82N20O18. The Kier molecular flexibility index (Phi) is 34.0. The van der Waals surface area contributed by atoms with E-state index in [2.05, 4.69) is 76.2 Å². The van der Waals surface area contributed by atoms with Gasteiger partial charge in [0.15, 0.2) is 0 Å². The molecule has 5 atom stereocenters. The first kappa shape index (κ1) is 81.5. The highest BCUT2D eigenvalue weighted by Crippen LogP contribution is 2.20. The van der Waals surface area contributed by atoms with Crippen molar-refractivity contribution < 1.29 is 86.1 Å². The zero-order valence-corrected chi connectivity index (χ0v) is 51.9. The predicted molar refractivity (Wildman–Crippen MR) is 309 cm³/mol. The van der Waals surface area contributed by atoms with Crippen molar-refractivity contribution in [3.63, 3.8) is 0 Å². The molecule has 4 N–H and O–H groups in total. The van der Waals surface area contributed by atoms with Gasteiger partial charge in [0.1, 0.15) is 58.2 Å². The number of hydrogen-bond acceptors (Lipinski definition) is 23. The molecule has 0 unspecified atom stereocenters. The second-order valence-electron chi connectivity index (χ2n) is 23.9. The average molecular weight is 1260 g/mol. The summed E-state index contributed by atoms with van der Waals surface area (Å²) in [5, 5.41) is 25.7. The summed E-state index contributed by atoms with van der Waals surface area (Å²) in [7, 11) is 0. The number of ether oxygens (including phenoxy) is 5. The number of hydrogen-bond donors (Lipinski definition) is 4. The Bertz CT molecular complexity index is 2530. The molecule has 1 aliphatic heterocycles. The van der Waals surface area contributed by atoms with Crippen molar-refractivity contribution >= 4 is 71.3 Å². The van der Waals surface area contributed by atoms with Crippen LogP contribution in [0.2, 0.25) is 0 Å². The molecule has 0 bridgehead atoms. The minimum atomic E-state index is -3.20. The highest BCUT2D eigenvalue weighted by Gasteiger charge is 2.43. The summed E-state index contributed by atoms with van der Waals surface area (Å²) < 4.78 is 26.1. The lowest BCUT2D eigenvalue weighted by molar-refractivity contribution is -0.198. The monoisotopic (exact) mass is 1260 g/mol. The molecule has 1 aliphatic rings. The van der Waals surface area contributed by atoms with Gasteiger partial charge < -0.3 is 28.5 Å². The van der Waals surface area contributed by atoms with Crippen molar-refractivity contribution in [2.24, 2.45) is 25.6 Å². The van der Waals surface area contributed by atoms with Crippen molar-refractivity contribution in [3.8, 4) is 0 Å². The number of carbonyl (C=O) groups is 12. The Morgan fingerprint density at radius 1 is 0.393 bits per heavy atom. The van der Waals surface area contributed by atoms with Gasteiger partial charge in [-0.1, -0.05) is 33.0 Å². The van der Waals surface area contributed by atoms with E-state index in [1.165, 1.54) is 0 Å². The van der Waals surface area contributed by atoms with Gasteiger partial charge in [0.05, 0.1) is 0 Å². The van der Waals surface area contributed by atoms with Gasteiger partial charge in [-0.25, -0.2) is 4.79 Å². The van der Waals surface area contributed by atoms with Gasteiger partial charge in [0.2, 0.25) is 23.6 Å². The maximum Gasteiger partial charge on any atom is 0.342 e. The Labute approximate surface area is 512 Å². The minimum Gasteiger partial charge on any atom is -0.460 e. The summed E-state index contributed by atoms with van der Waals surface area (Å²) in [5.74, 6) is -15.1. The van der Waals surface area contributed by atoms with Gasteiger partial charge in [-0.05, 0) is 164 Å². The van der Waals surface area contributed by atoms with Crippen LogP contribution in [0.1, 0.15) is 188 Å². The molecule has 1 heterocycles. The molecule has 0 aliphatic carbocycles. The van der Waals surface area contributed by atoms with Gasteiger partial charge in [-0.15, -0.1) is 5.06 Å². The molecule has 0 radical (unpaired) electrons. The number of nitrogens with one attached hydrogen (secondary N) is 4. The van der Waals surface area contributed by atoms with Crippen molar-refractivity contribution in [1.29, 1.82) is 0 Å². The van der Waals surface area contributed by atoms with E-state index >= 15 is 0 Å². The summed E-state index contributed by atoms with van der Waals surface area (Å²) >= 11 is 0. The van der Waals surface area contributed by atoms with Crippen molar-refractivity contribution in [2.75, 3.05) is 0 Å². The molecule has 0 aromatic carbocycles. The number of esters is 5. The lowest BCUT2D eigenvalue weighted by Gasteiger charge is -2.39. The lowest BCUT2D eigenvalue weighted by atomic mass is 10.1. The van der Waals surface area contributed by atoms with Gasteiger partial charge >= 0.3 is 35.8 Å². The average Bonchev–Trinajstić information content (AvgIpc) is 3.56. The van der Waals surface area contributed by atoms with Crippen LogP contribution in [0.3, 0.4) is 0 Å². The molecule has 6 amide bonds. The summed E-state index contributed by atoms with van der Waals surface area (Å²) in [5.41, 5.74) is 41.5. The van der Waals surface area contributed by atoms with E-state index in [0.717, 1.165) is 0 Å². The summed E-state index contributed by atoms with van der Waals surface area (Å²) in [6.45, 7) is 23.9. The first-order valence-corrected chi connectivity index (χ1v) is 27.1. The molecule has 89 heavy (non-hydrogen) atoms. The lowest BCUT2D eigenvalue weighted by Crippen LogP contribution is -2.80. The molecule has 1 saturated heterocycles. The fourth-order valence-electron chi connectivity index (χ4n) is 6.80. The van der Waals surface area contributed by atoms with E-state index in [1.54, 1.807) is 104 Å². The fraction of sp³-hybridized carbons (Fsp3) is 0.765. The first-order chi connectivity index (χ1) is 40.4. The molecule has 494 valence electrons. The van der Waals surface area contributed by atoms with E-state index in [0.29, 0.717) is 5.06 Å². The third-order valence-electron chi connectivity index (χ3n) is 10.1. The van der Waals surface area contributed by atoms with E-state index in [1.807, 2.05) is 0 Å². The number of nitrogens with zero attached hydrogens (tertiary/aromatic N) is 16. The van der Waals surface area contributed by atoms with Crippen LogP contribution in [0, 0.1) is 0 Å². The van der Waals surface area contributed by atoms with Crippen LogP contribution < -0.4 is 21.3 Å². The molecule has 0 saturated carbocycles. The molecule has 0 aromatic rings. The second-order valence-corrected chi connectivity index (χ2v) is 23.9. The normalized spacial score (nSPS) is 14.4. The quantitative estimate of drug-likeness (QED) is 0.0104. The fourth-order valence-corrected chi connectivity index (χ4v) is 6.80. The topological polar surface area (TPSA) is 555 Å². The molecule has 0 aromatic heterocycles. The third-order valence-corrected chi connectivity index (χ3v) is 10.1. The molecule has 38 nitrogen and oxygen atoms in total. The van der Waals surface area contributed by atoms with Crippen LogP contribution >= 0.6 is 0 Å². The second kappa shape index (κ2) is 37.2. The van der Waals surface area contributed by atoms with Crippen molar-refractivity contribution in [2.45, 2.75) is 252 Å². The predicted octanol–water partition coefficient (Wildman–Crippen LogP) is 7.30. The first-order valence-electron chi connectivity index (χ1n) is 27.1. The maximum absolute atomic E-state index is 14.1. The molecule has 0 spiro atoms. The Balaban J connectivity index is 0. The van der Waals surface area contributed by atoms with Crippen LogP contribution in [-0.4, -0.2) is 140 Å². The molecule has 38 heteroatoms. The molecule has 1 rings (SSSR count). The van der Waals surface area contributed by atoms with Crippen molar-refractivity contribution in [3.05, 3.63) is 52.2 Å². The van der Waals surface area contributed by atoms with Gasteiger partial charge in [-0.3, -0.25) is 74.0 Å². The molecule has 1 fully saturated rings. The van der Waals surface area contributed by atoms with Crippen LogP contribution in [-0.2, 0) is 86.1 Å². The highest BCUT2D eigenvalue weighted by atomic mass is 16.7. The largest absolute Gasteiger partial charge is 0.460 e. The Morgan fingerprint density at radius 3 is 0.775 bits per heavy atom. The van der Waals surface area contributed by atoms with E-state index in [4.69, 9.17) is 29.2 Å². The Morgan fingerprint density at radius 2 is 0.584 bits per heavy atom. The summed E-state index contributed by atoms with van der Waals surface area (Å²) in [4.78, 5) is 171. The van der Waals surface area contributed by atoms with Crippen LogP contribution in [0.15, 0.2) is 25.6 Å². The summed E-state index contributed by atoms with van der Waals surface area (Å²) in [6.07, 6.45) is -4.85. The summed E-state index contributed by atoms with van der Waals surface area (Å²) in [6, 6.07) is -8.85. The van der Waals surface area contributed by atoms with Crippen molar-refractivity contribution in [1.82, 2.24) is 26.3 Å². The minimum absolute atomic E-state index is 0. The van der Waals surface area contributed by atoms with Gasteiger partial charge in [0.25, 0.3) is 17.7 Å². The number of azide groups is 5. The Hall–Kier alpha value is -9.61. The smallest absolute Gasteiger partial charge is 0.342 e. The zero-order chi connectivity index (χ0) is 68.0. The molecular weight excluding hydrogens is 1180 g/mol. The number of hydroxylamine groups is 2. The maximum atomic E-state index is 14.1. The van der Waals surface area contributed by atoms with Gasteiger partial charge in [0, 0.05) is 69.5 Å². The third kappa shape index (κ3) is 36.2. The van der Waals surface area contributed by atoms with Gasteiger partial charge in [-0.2, -0.15) is 0 Å². The SMILES string of the molecule is C.CC(C)(C)OC(=O)CC[C@H](N=[N+]=[N-])C(=O)NC(NC(=O)[C@H](CCC(=O)OC(C)(C)C)N=[N+]=[N-])(NC(=O)[C@H](CCC(=O)OC(C)(C)C)N=[N+]=[N-])NC(=O)[C@H](CCC(=O)OC(C)(C)C)N=[N+]=[N-].CC(C)(C)OC(=O)CC[C@H](N=[N+]=[N-])C(=O)ON1C(=O)CCC1=O. The zero-order valence-electron chi connectivity index (χ0n) is 51.9. The standard InChI is InChI=1S/C37H60N16O12.C13H18N4O6.CH4/c1-33(2,3)62-25(54)17-13-21(46-50-38)29(58)42-37(43-30(59)22(47-51-39)14-18-26(55)63-34(4,5)6,44-31(60)23(48-52-40)15-19-27(56)64-35(7,8)9)45-32(61)24(49-53-41)16-20-28(57)65-36(10,11)12;1-13(2,3)22-11(20)7-4-8(15-16-14)12(21)23-17-9(18)5-6-10(17)19;/h21-24H,13-20H2,1-12H3,(H,42,58)(H,43,59)(H,44,60)(H,45,61);8H,4-7H2,1-3H3;1H4/t21-,22-,23-,24-;8-;/m00./s1.